The molecule has 2 aromatic rings. The molecule has 0 fully saturated rings. The third-order valence-electron chi connectivity index (χ3n) is 1.55. The summed E-state index contributed by atoms with van der Waals surface area (Å²) in [5.41, 5.74) is -0.581. The zero-order chi connectivity index (χ0) is 10.4. The minimum absolute atomic E-state index is 0. The summed E-state index contributed by atoms with van der Waals surface area (Å²) in [4.78, 5) is 0. The van der Waals surface area contributed by atoms with E-state index in [1.807, 2.05) is 30.3 Å². The van der Waals surface area contributed by atoms with Crippen molar-refractivity contribution in [3.8, 4) is 0 Å². The molecule has 2 rings (SSSR count). The topological polar surface area (TPSA) is 0 Å². The predicted octanol–water partition coefficient (Wildman–Crippen LogP) is 3.83. The van der Waals surface area contributed by atoms with E-state index in [0.717, 1.165) is 12.1 Å². The molecular formula is C11H9F3Ti. The third kappa shape index (κ3) is 5.60. The molecule has 78 valence electrons. The monoisotopic (exact) mass is 246 g/mol. The minimum atomic E-state index is -4.18. The van der Waals surface area contributed by atoms with E-state index in [1.54, 1.807) is 0 Å². The van der Waals surface area contributed by atoms with Crippen LogP contribution in [-0.2, 0) is 27.9 Å². The molecule has 0 saturated carbocycles. The van der Waals surface area contributed by atoms with Gasteiger partial charge in [-0.25, -0.2) is 24.3 Å². The number of rotatable bonds is 0. The molecule has 0 heterocycles. The van der Waals surface area contributed by atoms with E-state index in [9.17, 15) is 13.2 Å². The molecule has 0 atom stereocenters. The second kappa shape index (κ2) is 6.64. The van der Waals surface area contributed by atoms with Crippen molar-refractivity contribution >= 4 is 0 Å². The van der Waals surface area contributed by atoms with Gasteiger partial charge in [0.1, 0.15) is 0 Å². The molecule has 0 saturated heterocycles. The quantitative estimate of drug-likeness (QED) is 0.489. The molecule has 0 aliphatic carbocycles. The minimum Gasteiger partial charge on any atom is -0.214 e. The van der Waals surface area contributed by atoms with Crippen LogP contribution in [0.5, 0.6) is 0 Å². The summed E-state index contributed by atoms with van der Waals surface area (Å²) in [6.45, 7) is 0. The SMILES string of the molecule is FC(F)(F)[c-]1cccc1.[Ti+2].c1cc[cH-]c1. The van der Waals surface area contributed by atoms with Crippen LogP contribution in [0.1, 0.15) is 5.56 Å². The normalized spacial score (nSPS) is 9.80. The summed E-state index contributed by atoms with van der Waals surface area (Å²) in [5.74, 6) is 0. The van der Waals surface area contributed by atoms with Gasteiger partial charge >= 0.3 is 27.9 Å². The fourth-order valence-electron chi connectivity index (χ4n) is 0.884. The van der Waals surface area contributed by atoms with Gasteiger partial charge in [0.05, 0.1) is 0 Å². The number of hydrogen-bond acceptors (Lipinski definition) is 0. The van der Waals surface area contributed by atoms with E-state index in [1.165, 1.54) is 12.1 Å². The van der Waals surface area contributed by atoms with Crippen molar-refractivity contribution in [3.63, 3.8) is 0 Å². The van der Waals surface area contributed by atoms with Crippen LogP contribution >= 0.6 is 0 Å². The van der Waals surface area contributed by atoms with Gasteiger partial charge in [0, 0.05) is 0 Å². The average molecular weight is 246 g/mol. The molecule has 2 aromatic carbocycles. The average Bonchev–Trinajstić information content (AvgIpc) is 2.80. The largest absolute Gasteiger partial charge is 2.00 e. The van der Waals surface area contributed by atoms with E-state index in [4.69, 9.17) is 0 Å². The van der Waals surface area contributed by atoms with Crippen molar-refractivity contribution in [1.29, 1.82) is 0 Å². The Morgan fingerprint density at radius 2 is 1.33 bits per heavy atom. The Bertz CT molecular complexity index is 302. The number of halogens is 3. The van der Waals surface area contributed by atoms with E-state index >= 15 is 0 Å². The molecule has 0 unspecified atom stereocenters. The molecule has 4 heteroatoms. The van der Waals surface area contributed by atoms with Crippen molar-refractivity contribution in [2.45, 2.75) is 6.18 Å². The maximum absolute atomic E-state index is 11.6. The second-order valence-corrected chi connectivity index (χ2v) is 2.63. The van der Waals surface area contributed by atoms with Gasteiger partial charge in [0.2, 0.25) is 0 Å². The molecule has 0 aliphatic rings. The van der Waals surface area contributed by atoms with Crippen LogP contribution in [-0.4, -0.2) is 0 Å². The van der Waals surface area contributed by atoms with Gasteiger partial charge in [-0.2, -0.15) is 43.5 Å². The fraction of sp³-hybridized carbons (Fsp3) is 0.0909. The van der Waals surface area contributed by atoms with Gasteiger partial charge in [-0.15, -0.1) is 0 Å². The van der Waals surface area contributed by atoms with Gasteiger partial charge in [0.15, 0.2) is 0 Å². The molecule has 0 spiro atoms. The zero-order valence-electron chi connectivity index (χ0n) is 7.83. The Labute approximate surface area is 101 Å². The Morgan fingerprint density at radius 3 is 1.53 bits per heavy atom. The fourth-order valence-corrected chi connectivity index (χ4v) is 0.884. The van der Waals surface area contributed by atoms with Crippen molar-refractivity contribution < 1.29 is 34.9 Å². The standard InChI is InChI=1S/C6H4F3.C5H5.Ti/c7-6(8,9)5-3-1-2-4-5;1-2-4-5-3-1;/h1-4H;1-5H;/q2*-1;+2. The molecule has 15 heavy (non-hydrogen) atoms. The first-order chi connectivity index (χ1) is 6.61. The van der Waals surface area contributed by atoms with Gasteiger partial charge in [-0.1, -0.05) is 5.56 Å². The molecule has 0 bridgehead atoms. The van der Waals surface area contributed by atoms with Gasteiger partial charge in [0.25, 0.3) is 0 Å². The Morgan fingerprint density at radius 1 is 0.867 bits per heavy atom. The van der Waals surface area contributed by atoms with Crippen molar-refractivity contribution in [2.24, 2.45) is 0 Å². The van der Waals surface area contributed by atoms with E-state index in [2.05, 4.69) is 0 Å². The van der Waals surface area contributed by atoms with Crippen LogP contribution in [0.25, 0.3) is 0 Å². The smallest absolute Gasteiger partial charge is 0.214 e. The molecule has 0 nitrogen and oxygen atoms in total. The Hall–Kier alpha value is -0.796. The number of alkyl halides is 3. The molecule has 0 amide bonds. The van der Waals surface area contributed by atoms with Crippen LogP contribution in [0.2, 0.25) is 0 Å². The van der Waals surface area contributed by atoms with Crippen LogP contribution in [0, 0.1) is 0 Å². The summed E-state index contributed by atoms with van der Waals surface area (Å²) in [6.07, 6.45) is -4.18. The second-order valence-electron chi connectivity index (χ2n) is 2.63. The zero-order valence-corrected chi connectivity index (χ0v) is 9.39. The molecular weight excluding hydrogens is 237 g/mol. The first-order valence-electron chi connectivity index (χ1n) is 4.06. The summed E-state index contributed by atoms with van der Waals surface area (Å²) >= 11 is 0. The van der Waals surface area contributed by atoms with Crippen LogP contribution in [0.4, 0.5) is 13.2 Å². The number of hydrogen-bond donors (Lipinski definition) is 0. The molecule has 0 N–H and O–H groups in total. The van der Waals surface area contributed by atoms with Crippen LogP contribution in [0.15, 0.2) is 54.6 Å². The predicted molar refractivity (Wildman–Crippen MR) is 49.1 cm³/mol. The summed E-state index contributed by atoms with van der Waals surface area (Å²) in [7, 11) is 0. The van der Waals surface area contributed by atoms with Gasteiger partial charge in [-0.3, -0.25) is 0 Å². The Kier molecular flexibility index (Phi) is 6.29. The van der Waals surface area contributed by atoms with E-state index < -0.39 is 11.7 Å². The summed E-state index contributed by atoms with van der Waals surface area (Å²) in [6, 6.07) is 14.8. The molecule has 0 aromatic heterocycles. The Balaban J connectivity index is 0.000000280. The first kappa shape index (κ1) is 14.2. The van der Waals surface area contributed by atoms with Gasteiger partial charge in [-0.05, 0) is 0 Å². The van der Waals surface area contributed by atoms with E-state index in [-0.39, 0.29) is 21.7 Å². The summed E-state index contributed by atoms with van der Waals surface area (Å²) < 4.78 is 34.9. The third-order valence-corrected chi connectivity index (χ3v) is 1.55. The maximum Gasteiger partial charge on any atom is 2.00 e. The maximum atomic E-state index is 11.6. The first-order valence-corrected chi connectivity index (χ1v) is 4.06. The van der Waals surface area contributed by atoms with E-state index in [0.29, 0.717) is 0 Å². The molecule has 0 radical (unpaired) electrons. The van der Waals surface area contributed by atoms with Crippen LogP contribution in [0.3, 0.4) is 0 Å². The van der Waals surface area contributed by atoms with Crippen LogP contribution < -0.4 is 0 Å². The summed E-state index contributed by atoms with van der Waals surface area (Å²) in [5, 5.41) is 0. The van der Waals surface area contributed by atoms with Crippen molar-refractivity contribution in [2.75, 3.05) is 0 Å². The van der Waals surface area contributed by atoms with Crippen molar-refractivity contribution in [1.82, 2.24) is 0 Å². The van der Waals surface area contributed by atoms with Crippen molar-refractivity contribution in [3.05, 3.63) is 60.2 Å². The molecule has 0 aliphatic heterocycles. The van der Waals surface area contributed by atoms with Gasteiger partial charge < -0.3 is 0 Å².